The molecule has 0 aromatic rings. The maximum absolute atomic E-state index is 6.00. The SMILES string of the molecule is CN(C(N)=N[C@@H]1C[C@H]1C1CCC1)C1CC1. The number of nitrogens with zero attached hydrogens (tertiary/aromatic N) is 2. The molecule has 0 bridgehead atoms. The molecule has 0 aromatic heterocycles. The highest BCUT2D eigenvalue weighted by atomic mass is 15.3. The van der Waals surface area contributed by atoms with Crippen LogP contribution < -0.4 is 5.73 Å². The van der Waals surface area contributed by atoms with E-state index in [4.69, 9.17) is 5.73 Å². The van der Waals surface area contributed by atoms with E-state index in [1.807, 2.05) is 0 Å². The molecule has 84 valence electrons. The van der Waals surface area contributed by atoms with Gasteiger partial charge in [-0.2, -0.15) is 0 Å². The van der Waals surface area contributed by atoms with E-state index in [0.717, 1.165) is 17.8 Å². The van der Waals surface area contributed by atoms with Crippen molar-refractivity contribution >= 4 is 5.96 Å². The molecule has 15 heavy (non-hydrogen) atoms. The number of guanidine groups is 1. The minimum absolute atomic E-state index is 0.566. The van der Waals surface area contributed by atoms with Gasteiger partial charge in [-0.25, -0.2) is 4.99 Å². The Morgan fingerprint density at radius 3 is 2.53 bits per heavy atom. The highest BCUT2D eigenvalue weighted by Crippen LogP contribution is 2.48. The fraction of sp³-hybridized carbons (Fsp3) is 0.917. The normalized spacial score (nSPS) is 36.2. The second kappa shape index (κ2) is 3.39. The standard InChI is InChI=1S/C12H21N3/c1-15(9-5-6-9)12(13)14-11-7-10(11)8-3-2-4-8/h8-11H,2-7H2,1H3,(H2,13,14)/t10-,11+/m0/s1. The predicted molar refractivity (Wildman–Crippen MR) is 61.6 cm³/mol. The first-order chi connectivity index (χ1) is 7.25. The van der Waals surface area contributed by atoms with Crippen molar-refractivity contribution in [2.24, 2.45) is 22.6 Å². The van der Waals surface area contributed by atoms with Crippen LogP contribution in [0.3, 0.4) is 0 Å². The van der Waals surface area contributed by atoms with Gasteiger partial charge in [0.1, 0.15) is 0 Å². The van der Waals surface area contributed by atoms with E-state index in [-0.39, 0.29) is 0 Å². The Morgan fingerprint density at radius 1 is 1.27 bits per heavy atom. The zero-order valence-electron chi connectivity index (χ0n) is 9.52. The molecule has 3 rings (SSSR count). The Labute approximate surface area is 91.7 Å². The quantitative estimate of drug-likeness (QED) is 0.564. The summed E-state index contributed by atoms with van der Waals surface area (Å²) in [5, 5.41) is 0. The van der Waals surface area contributed by atoms with Crippen molar-refractivity contribution < 1.29 is 0 Å². The molecule has 0 heterocycles. The first kappa shape index (κ1) is 9.49. The van der Waals surface area contributed by atoms with Crippen LogP contribution in [0.5, 0.6) is 0 Å². The molecule has 0 radical (unpaired) electrons. The van der Waals surface area contributed by atoms with Crippen molar-refractivity contribution in [3.8, 4) is 0 Å². The minimum Gasteiger partial charge on any atom is -0.370 e. The smallest absolute Gasteiger partial charge is 0.191 e. The third-order valence-corrected chi connectivity index (χ3v) is 4.31. The van der Waals surface area contributed by atoms with Gasteiger partial charge in [0.15, 0.2) is 5.96 Å². The van der Waals surface area contributed by atoms with Crippen LogP contribution in [0.4, 0.5) is 0 Å². The van der Waals surface area contributed by atoms with Gasteiger partial charge < -0.3 is 10.6 Å². The molecule has 3 heteroatoms. The lowest BCUT2D eigenvalue weighted by molar-refractivity contribution is 0.273. The molecule has 2 atom stereocenters. The first-order valence-corrected chi connectivity index (χ1v) is 6.32. The summed E-state index contributed by atoms with van der Waals surface area (Å²) in [6, 6.07) is 1.26. The zero-order chi connectivity index (χ0) is 10.4. The molecule has 0 unspecified atom stereocenters. The van der Waals surface area contributed by atoms with Crippen molar-refractivity contribution in [3.05, 3.63) is 0 Å². The summed E-state index contributed by atoms with van der Waals surface area (Å²) in [5.41, 5.74) is 6.00. The highest BCUT2D eigenvalue weighted by molar-refractivity contribution is 5.78. The Bertz CT molecular complexity index is 279. The van der Waals surface area contributed by atoms with E-state index >= 15 is 0 Å². The molecule has 0 aromatic carbocycles. The Balaban J connectivity index is 1.53. The van der Waals surface area contributed by atoms with E-state index < -0.39 is 0 Å². The molecule has 0 amide bonds. The van der Waals surface area contributed by atoms with Gasteiger partial charge >= 0.3 is 0 Å². The maximum atomic E-state index is 6.00. The summed E-state index contributed by atoms with van der Waals surface area (Å²) in [4.78, 5) is 6.82. The summed E-state index contributed by atoms with van der Waals surface area (Å²) < 4.78 is 0. The molecule has 2 N–H and O–H groups in total. The van der Waals surface area contributed by atoms with E-state index in [1.165, 1.54) is 38.5 Å². The highest BCUT2D eigenvalue weighted by Gasteiger charge is 2.45. The maximum Gasteiger partial charge on any atom is 0.191 e. The van der Waals surface area contributed by atoms with Crippen LogP contribution in [0.25, 0.3) is 0 Å². The molecular formula is C12H21N3. The fourth-order valence-corrected chi connectivity index (χ4v) is 2.63. The lowest BCUT2D eigenvalue weighted by Crippen LogP contribution is -2.36. The van der Waals surface area contributed by atoms with Crippen LogP contribution >= 0.6 is 0 Å². The van der Waals surface area contributed by atoms with Crippen LogP contribution in [0.15, 0.2) is 4.99 Å². The van der Waals surface area contributed by atoms with Gasteiger partial charge in [0.25, 0.3) is 0 Å². The molecule has 3 aliphatic rings. The van der Waals surface area contributed by atoms with Gasteiger partial charge in [-0.05, 0) is 31.1 Å². The van der Waals surface area contributed by atoms with E-state index in [2.05, 4.69) is 16.9 Å². The van der Waals surface area contributed by atoms with E-state index in [0.29, 0.717) is 12.1 Å². The number of aliphatic imine (C=N–C) groups is 1. The Morgan fingerprint density at radius 2 is 2.00 bits per heavy atom. The molecule has 3 fully saturated rings. The third kappa shape index (κ3) is 1.84. The van der Waals surface area contributed by atoms with Crippen LogP contribution in [-0.2, 0) is 0 Å². The van der Waals surface area contributed by atoms with E-state index in [9.17, 15) is 0 Å². The van der Waals surface area contributed by atoms with Gasteiger partial charge in [0, 0.05) is 13.1 Å². The molecule has 0 saturated heterocycles. The van der Waals surface area contributed by atoms with Crippen molar-refractivity contribution in [1.82, 2.24) is 4.90 Å². The number of hydrogen-bond acceptors (Lipinski definition) is 1. The van der Waals surface area contributed by atoms with Crippen LogP contribution in [0.1, 0.15) is 38.5 Å². The van der Waals surface area contributed by atoms with Gasteiger partial charge in [0.2, 0.25) is 0 Å². The minimum atomic E-state index is 0.566. The molecule has 3 aliphatic carbocycles. The van der Waals surface area contributed by atoms with Gasteiger partial charge in [0.05, 0.1) is 6.04 Å². The lowest BCUT2D eigenvalue weighted by atomic mass is 9.81. The average Bonchev–Trinajstić information content (AvgIpc) is 2.94. The molecule has 3 nitrogen and oxygen atoms in total. The zero-order valence-corrected chi connectivity index (χ0v) is 9.52. The van der Waals surface area contributed by atoms with E-state index in [1.54, 1.807) is 0 Å². The molecule has 3 saturated carbocycles. The number of hydrogen-bond donors (Lipinski definition) is 1. The summed E-state index contributed by atoms with van der Waals surface area (Å²) in [7, 11) is 2.08. The average molecular weight is 207 g/mol. The second-order valence-electron chi connectivity index (χ2n) is 5.49. The molecule has 0 aliphatic heterocycles. The lowest BCUT2D eigenvalue weighted by Gasteiger charge is -2.25. The predicted octanol–water partition coefficient (Wildman–Crippen LogP) is 1.58. The van der Waals surface area contributed by atoms with Crippen molar-refractivity contribution in [1.29, 1.82) is 0 Å². The van der Waals surface area contributed by atoms with Crippen LogP contribution in [-0.4, -0.2) is 30.0 Å². The van der Waals surface area contributed by atoms with Crippen molar-refractivity contribution in [2.45, 2.75) is 50.6 Å². The molecule has 0 spiro atoms. The van der Waals surface area contributed by atoms with Crippen molar-refractivity contribution in [2.75, 3.05) is 7.05 Å². The summed E-state index contributed by atoms with van der Waals surface area (Å²) in [6.07, 6.45) is 8.20. The van der Waals surface area contributed by atoms with Crippen LogP contribution in [0.2, 0.25) is 0 Å². The fourth-order valence-electron chi connectivity index (χ4n) is 2.63. The number of rotatable bonds is 3. The Kier molecular flexibility index (Phi) is 2.15. The van der Waals surface area contributed by atoms with Gasteiger partial charge in [-0.1, -0.05) is 19.3 Å². The largest absolute Gasteiger partial charge is 0.370 e. The van der Waals surface area contributed by atoms with Gasteiger partial charge in [-0.3, -0.25) is 0 Å². The Hall–Kier alpha value is -0.730. The van der Waals surface area contributed by atoms with Gasteiger partial charge in [-0.15, -0.1) is 0 Å². The summed E-state index contributed by atoms with van der Waals surface area (Å²) in [5.74, 6) is 2.65. The molecular weight excluding hydrogens is 186 g/mol. The third-order valence-electron chi connectivity index (χ3n) is 4.31. The topological polar surface area (TPSA) is 41.6 Å². The second-order valence-corrected chi connectivity index (χ2v) is 5.49. The number of nitrogens with two attached hydrogens (primary N) is 1. The van der Waals surface area contributed by atoms with Crippen molar-refractivity contribution in [3.63, 3.8) is 0 Å². The summed E-state index contributed by atoms with van der Waals surface area (Å²) >= 11 is 0. The monoisotopic (exact) mass is 207 g/mol. The summed E-state index contributed by atoms with van der Waals surface area (Å²) in [6.45, 7) is 0. The first-order valence-electron chi connectivity index (χ1n) is 6.32. The van der Waals surface area contributed by atoms with Crippen LogP contribution in [0, 0.1) is 11.8 Å².